The van der Waals surface area contributed by atoms with E-state index in [-0.39, 0.29) is 18.7 Å². The van der Waals surface area contributed by atoms with Crippen LogP contribution in [0.15, 0.2) is 34.5 Å². The molecule has 0 spiro atoms. The molecule has 0 unspecified atom stereocenters. The Hall–Kier alpha value is -2.77. The second-order valence-electron chi connectivity index (χ2n) is 7.46. The molecule has 28 heavy (non-hydrogen) atoms. The van der Waals surface area contributed by atoms with E-state index in [0.717, 1.165) is 18.5 Å². The number of hydrogen-bond donors (Lipinski definition) is 1. The Morgan fingerprint density at radius 3 is 2.79 bits per heavy atom. The van der Waals surface area contributed by atoms with E-state index in [0.29, 0.717) is 23.7 Å². The summed E-state index contributed by atoms with van der Waals surface area (Å²) in [5.74, 6) is 0.518. The predicted molar refractivity (Wildman–Crippen MR) is 106 cm³/mol. The van der Waals surface area contributed by atoms with Crippen LogP contribution < -0.4 is 15.0 Å². The molecule has 1 N–H and O–H groups in total. The molecule has 0 fully saturated rings. The number of carbonyl (C=O) groups excluding carboxylic acids is 1. The second kappa shape index (κ2) is 9.43. The minimum Gasteiger partial charge on any atom is -0.489 e. The minimum absolute atomic E-state index is 0.0120. The van der Waals surface area contributed by atoms with Gasteiger partial charge in [-0.05, 0) is 39.3 Å². The van der Waals surface area contributed by atoms with E-state index in [1.165, 1.54) is 0 Å². The van der Waals surface area contributed by atoms with E-state index in [2.05, 4.69) is 17.2 Å². The Bertz CT molecular complexity index is 826. The smallest absolute Gasteiger partial charge is 0.407 e. The number of ether oxygens (including phenoxy) is 2. The first-order valence-electron chi connectivity index (χ1n) is 9.21. The van der Waals surface area contributed by atoms with E-state index < -0.39 is 11.7 Å². The Morgan fingerprint density at radius 1 is 1.39 bits per heavy atom. The zero-order valence-electron chi connectivity index (χ0n) is 17.0. The largest absolute Gasteiger partial charge is 0.489 e. The lowest BCUT2D eigenvalue weighted by molar-refractivity contribution is 0.0531. The first-order valence-corrected chi connectivity index (χ1v) is 9.21. The topological polar surface area (TPSA) is 76.8 Å². The summed E-state index contributed by atoms with van der Waals surface area (Å²) in [5, 5.41) is 2.50. The van der Waals surface area contributed by atoms with Gasteiger partial charge in [-0.25, -0.2) is 9.18 Å². The van der Waals surface area contributed by atoms with Crippen LogP contribution in [0.4, 0.5) is 15.2 Å². The average Bonchev–Trinajstić information content (AvgIpc) is 3.04. The molecule has 8 heteroatoms. The number of oxazole rings is 1. The zero-order valence-corrected chi connectivity index (χ0v) is 17.0. The third kappa shape index (κ3) is 6.44. The van der Waals surface area contributed by atoms with E-state index in [4.69, 9.17) is 13.9 Å². The summed E-state index contributed by atoms with van der Waals surface area (Å²) in [5.41, 5.74) is 0.967. The van der Waals surface area contributed by atoms with Gasteiger partial charge in [0.15, 0.2) is 5.58 Å². The monoisotopic (exact) mass is 393 g/mol. The van der Waals surface area contributed by atoms with Gasteiger partial charge in [-0.2, -0.15) is 4.98 Å². The van der Waals surface area contributed by atoms with Crippen LogP contribution in [0.1, 0.15) is 34.1 Å². The fourth-order valence-electron chi connectivity index (χ4n) is 2.37. The van der Waals surface area contributed by atoms with Crippen molar-refractivity contribution in [3.05, 3.63) is 30.1 Å². The normalized spacial score (nSPS) is 12.1. The van der Waals surface area contributed by atoms with Crippen molar-refractivity contribution in [1.82, 2.24) is 10.3 Å². The van der Waals surface area contributed by atoms with Crippen LogP contribution in [-0.4, -0.2) is 43.4 Å². The third-order valence-electron chi connectivity index (χ3n) is 3.67. The lowest BCUT2D eigenvalue weighted by Crippen LogP contribution is -2.34. The quantitative estimate of drug-likeness (QED) is 0.715. The third-order valence-corrected chi connectivity index (χ3v) is 3.67. The molecular formula is C20H28FN3O4. The minimum atomic E-state index is -0.614. The van der Waals surface area contributed by atoms with Crippen LogP contribution in [0.5, 0.6) is 5.75 Å². The molecule has 0 aliphatic rings. The van der Waals surface area contributed by atoms with E-state index in [9.17, 15) is 9.18 Å². The predicted octanol–water partition coefficient (Wildman–Crippen LogP) is 4.43. The van der Waals surface area contributed by atoms with Gasteiger partial charge in [0, 0.05) is 31.8 Å². The summed E-state index contributed by atoms with van der Waals surface area (Å²) in [6.45, 7) is 8.16. The van der Waals surface area contributed by atoms with Crippen LogP contribution in [0.25, 0.3) is 11.1 Å². The molecule has 154 valence electrons. The van der Waals surface area contributed by atoms with Gasteiger partial charge >= 0.3 is 6.09 Å². The second-order valence-corrected chi connectivity index (χ2v) is 7.46. The van der Waals surface area contributed by atoms with Gasteiger partial charge < -0.3 is 24.1 Å². The lowest BCUT2D eigenvalue weighted by atomic mass is 10.2. The summed E-state index contributed by atoms with van der Waals surface area (Å²) in [7, 11) is 1.92. The average molecular weight is 393 g/mol. The molecule has 0 radical (unpaired) electrons. The number of anilines is 1. The van der Waals surface area contributed by atoms with Crippen molar-refractivity contribution in [3.63, 3.8) is 0 Å². The number of aromatic nitrogens is 1. The van der Waals surface area contributed by atoms with Crippen LogP contribution in [-0.2, 0) is 4.74 Å². The van der Waals surface area contributed by atoms with E-state index >= 15 is 0 Å². The van der Waals surface area contributed by atoms with Crippen molar-refractivity contribution in [3.8, 4) is 5.75 Å². The highest BCUT2D eigenvalue weighted by Crippen LogP contribution is 2.25. The Morgan fingerprint density at radius 2 is 2.14 bits per heavy atom. The molecule has 7 nitrogen and oxygen atoms in total. The molecule has 0 aliphatic heterocycles. The molecule has 0 aliphatic carbocycles. The van der Waals surface area contributed by atoms with Crippen LogP contribution in [0, 0.1) is 0 Å². The van der Waals surface area contributed by atoms with Gasteiger partial charge in [0.25, 0.3) is 6.01 Å². The summed E-state index contributed by atoms with van der Waals surface area (Å²) in [4.78, 5) is 18.0. The molecule has 0 atom stereocenters. The molecule has 2 aromatic rings. The number of rotatable bonds is 8. The van der Waals surface area contributed by atoms with Crippen molar-refractivity contribution < 1.29 is 23.1 Å². The van der Waals surface area contributed by atoms with Crippen molar-refractivity contribution in [2.45, 2.75) is 39.7 Å². The Balaban J connectivity index is 1.93. The molecule has 0 saturated carbocycles. The molecular weight excluding hydrogens is 365 g/mol. The zero-order chi connectivity index (χ0) is 20.7. The van der Waals surface area contributed by atoms with Crippen LogP contribution >= 0.6 is 0 Å². The molecule has 1 heterocycles. The standard InChI is InChI=1S/C20H28FN3O4/c1-6-9-24(5)18-23-16-8-7-15(10-17(16)27-18)26-13-14(11-21)12-22-19(25)28-20(2,3)4/h7-8,10-11H,6,9,12-13H2,1-5H3,(H,22,25). The van der Waals surface area contributed by atoms with Gasteiger partial charge in [-0.15, -0.1) is 0 Å². The lowest BCUT2D eigenvalue weighted by Gasteiger charge is -2.20. The van der Waals surface area contributed by atoms with Gasteiger partial charge in [0.05, 0.1) is 6.33 Å². The first-order chi connectivity index (χ1) is 13.2. The number of carbonyl (C=O) groups is 1. The van der Waals surface area contributed by atoms with Gasteiger partial charge in [-0.3, -0.25) is 0 Å². The summed E-state index contributed by atoms with van der Waals surface area (Å²) >= 11 is 0. The molecule has 0 saturated heterocycles. The van der Waals surface area contributed by atoms with Crippen molar-refractivity contribution >= 4 is 23.2 Å². The fourth-order valence-corrected chi connectivity index (χ4v) is 2.37. The molecule has 2 rings (SSSR count). The SMILES string of the molecule is CCCN(C)c1nc2ccc(OCC(=CF)CNC(=O)OC(C)(C)C)cc2o1. The number of nitrogens with zero attached hydrogens (tertiary/aromatic N) is 2. The highest BCUT2D eigenvalue weighted by atomic mass is 19.1. The Labute approximate surface area is 164 Å². The van der Waals surface area contributed by atoms with Crippen molar-refractivity contribution in [2.75, 3.05) is 31.6 Å². The summed E-state index contributed by atoms with van der Waals surface area (Å²) < 4.78 is 29.6. The summed E-state index contributed by atoms with van der Waals surface area (Å²) in [6, 6.07) is 5.78. The number of nitrogens with one attached hydrogen (secondary N) is 1. The summed E-state index contributed by atoms with van der Waals surface area (Å²) in [6.07, 6.45) is 0.792. The fraction of sp³-hybridized carbons (Fsp3) is 0.500. The number of hydrogen-bond acceptors (Lipinski definition) is 6. The van der Waals surface area contributed by atoms with Crippen molar-refractivity contribution in [1.29, 1.82) is 0 Å². The number of fused-ring (bicyclic) bond motifs is 1. The molecule has 0 bridgehead atoms. The van der Waals surface area contributed by atoms with Crippen molar-refractivity contribution in [2.24, 2.45) is 0 Å². The van der Waals surface area contributed by atoms with Crippen LogP contribution in [0.2, 0.25) is 0 Å². The molecule has 1 amide bonds. The Kier molecular flexibility index (Phi) is 7.25. The van der Waals surface area contributed by atoms with E-state index in [1.54, 1.807) is 39.0 Å². The van der Waals surface area contributed by atoms with Gasteiger partial charge in [0.1, 0.15) is 23.5 Å². The maximum absolute atomic E-state index is 13.1. The highest BCUT2D eigenvalue weighted by molar-refractivity contribution is 5.76. The number of amides is 1. The maximum atomic E-state index is 13.1. The van der Waals surface area contributed by atoms with E-state index in [1.807, 2.05) is 11.9 Å². The number of alkyl carbamates (subject to hydrolysis) is 1. The maximum Gasteiger partial charge on any atom is 0.407 e. The van der Waals surface area contributed by atoms with Crippen LogP contribution in [0.3, 0.4) is 0 Å². The number of halogens is 1. The number of benzene rings is 1. The molecule has 1 aromatic carbocycles. The highest BCUT2D eigenvalue weighted by Gasteiger charge is 2.16. The van der Waals surface area contributed by atoms with Gasteiger partial charge in [-0.1, -0.05) is 6.92 Å². The van der Waals surface area contributed by atoms with Gasteiger partial charge in [0.2, 0.25) is 0 Å². The molecule has 1 aromatic heterocycles. The first kappa shape index (κ1) is 21.5.